The van der Waals surface area contributed by atoms with E-state index >= 15 is 0 Å². The zero-order valence-electron chi connectivity index (χ0n) is 14.7. The average molecular weight is 370 g/mol. The van der Waals surface area contributed by atoms with Crippen LogP contribution in [0.15, 0.2) is 18.2 Å². The molecule has 3 N–H and O–H groups in total. The molecule has 1 atom stereocenters. The molecule has 0 bridgehead atoms. The van der Waals surface area contributed by atoms with Crippen molar-refractivity contribution in [1.82, 2.24) is 10.9 Å². The molecule has 1 aromatic carbocycles. The fourth-order valence-electron chi connectivity index (χ4n) is 2.92. The molecule has 24 heavy (non-hydrogen) atoms. The quantitative estimate of drug-likeness (QED) is 0.548. The molecule has 5 nitrogen and oxygen atoms in total. The number of sulfone groups is 1. The maximum Gasteiger partial charge on any atom is 0.185 e. The highest BCUT2D eigenvalue weighted by Gasteiger charge is 2.27. The molecule has 1 aliphatic heterocycles. The van der Waals surface area contributed by atoms with E-state index in [0.29, 0.717) is 23.4 Å². The summed E-state index contributed by atoms with van der Waals surface area (Å²) in [6.07, 6.45) is 0.609. The molecule has 1 unspecified atom stereocenters. The van der Waals surface area contributed by atoms with Gasteiger partial charge in [0.25, 0.3) is 0 Å². The number of hydrogen-bond acceptors (Lipinski definition) is 4. The Morgan fingerprint density at radius 1 is 1.17 bits per heavy atom. The molecule has 7 heteroatoms. The Kier molecular flexibility index (Phi) is 6.22. The molecular formula is C17H27N3O2S2. The summed E-state index contributed by atoms with van der Waals surface area (Å²) in [6.45, 7) is 8.62. The molecule has 1 heterocycles. The summed E-state index contributed by atoms with van der Waals surface area (Å²) in [5.74, 6) is 1.15. The number of anilines is 1. The van der Waals surface area contributed by atoms with Crippen LogP contribution in [0.25, 0.3) is 0 Å². The Morgan fingerprint density at radius 2 is 1.75 bits per heavy atom. The lowest BCUT2D eigenvalue weighted by atomic mass is 9.93. The molecular weight excluding hydrogens is 342 g/mol. The molecule has 0 spiro atoms. The number of nitrogens with one attached hydrogen (secondary N) is 3. The summed E-state index contributed by atoms with van der Waals surface area (Å²) >= 11 is 5.39. The van der Waals surface area contributed by atoms with Gasteiger partial charge in [0, 0.05) is 11.7 Å². The van der Waals surface area contributed by atoms with E-state index in [1.54, 1.807) is 0 Å². The minimum absolute atomic E-state index is 0.0975. The number of rotatable bonds is 5. The van der Waals surface area contributed by atoms with Gasteiger partial charge in [0.1, 0.15) is 0 Å². The standard InChI is InChI=1S/C17H27N3O2S2/c1-11(2)14-6-5-7-15(12(3)4)16(14)18-17(23)20-19-13-8-9-24(21,22)10-13/h5-7,11-13,19H,8-10H2,1-4H3,(H2,18,20,23). The smallest absolute Gasteiger partial charge is 0.185 e. The van der Waals surface area contributed by atoms with Gasteiger partial charge in [-0.15, -0.1) is 0 Å². The van der Waals surface area contributed by atoms with Crippen LogP contribution in [-0.4, -0.2) is 31.1 Å². The number of hydrogen-bond donors (Lipinski definition) is 3. The van der Waals surface area contributed by atoms with Crippen molar-refractivity contribution in [3.05, 3.63) is 29.3 Å². The molecule has 2 rings (SSSR count). The Labute approximate surface area is 150 Å². The Morgan fingerprint density at radius 3 is 2.21 bits per heavy atom. The fourth-order valence-corrected chi connectivity index (χ4v) is 4.75. The first-order chi connectivity index (χ1) is 11.2. The van der Waals surface area contributed by atoms with Gasteiger partial charge in [0.2, 0.25) is 0 Å². The van der Waals surface area contributed by atoms with Gasteiger partial charge in [-0.2, -0.15) is 0 Å². The second-order valence-corrected chi connectivity index (χ2v) is 9.58. The van der Waals surface area contributed by atoms with Gasteiger partial charge >= 0.3 is 0 Å². The van der Waals surface area contributed by atoms with Crippen molar-refractivity contribution in [1.29, 1.82) is 0 Å². The van der Waals surface area contributed by atoms with Crippen LogP contribution in [0.1, 0.15) is 57.1 Å². The third kappa shape index (κ3) is 4.91. The van der Waals surface area contributed by atoms with Crippen LogP contribution in [-0.2, 0) is 9.84 Å². The maximum atomic E-state index is 11.5. The largest absolute Gasteiger partial charge is 0.331 e. The zero-order chi connectivity index (χ0) is 17.9. The molecule has 0 aromatic heterocycles. The zero-order valence-corrected chi connectivity index (χ0v) is 16.4. The minimum Gasteiger partial charge on any atom is -0.331 e. The Hall–Kier alpha value is -1.18. The summed E-state index contributed by atoms with van der Waals surface area (Å²) in [6, 6.07) is 6.20. The number of thiocarbonyl (C=S) groups is 1. The van der Waals surface area contributed by atoms with Gasteiger partial charge in [0.15, 0.2) is 14.9 Å². The van der Waals surface area contributed by atoms with E-state index in [-0.39, 0.29) is 17.5 Å². The Bertz CT molecular complexity index is 674. The van der Waals surface area contributed by atoms with E-state index in [9.17, 15) is 8.42 Å². The summed E-state index contributed by atoms with van der Waals surface area (Å²) in [7, 11) is -2.90. The predicted molar refractivity (Wildman–Crippen MR) is 104 cm³/mol. The van der Waals surface area contributed by atoms with Gasteiger partial charge < -0.3 is 5.32 Å². The Balaban J connectivity index is 2.05. The van der Waals surface area contributed by atoms with Crippen LogP contribution < -0.4 is 16.2 Å². The van der Waals surface area contributed by atoms with Crippen molar-refractivity contribution in [2.45, 2.75) is 52.0 Å². The van der Waals surface area contributed by atoms with Crippen molar-refractivity contribution in [2.75, 3.05) is 16.8 Å². The molecule has 0 aliphatic carbocycles. The van der Waals surface area contributed by atoms with Crippen LogP contribution in [0.2, 0.25) is 0 Å². The lowest BCUT2D eigenvalue weighted by Crippen LogP contribution is -2.46. The van der Waals surface area contributed by atoms with E-state index < -0.39 is 9.84 Å². The van der Waals surface area contributed by atoms with Gasteiger partial charge in [0.05, 0.1) is 11.5 Å². The lowest BCUT2D eigenvalue weighted by Gasteiger charge is -2.22. The van der Waals surface area contributed by atoms with Crippen LogP contribution in [0.3, 0.4) is 0 Å². The van der Waals surface area contributed by atoms with E-state index in [2.05, 4.69) is 62.1 Å². The number of hydrazine groups is 1. The summed E-state index contributed by atoms with van der Waals surface area (Å²) in [5.41, 5.74) is 9.45. The van der Waals surface area contributed by atoms with E-state index in [4.69, 9.17) is 12.2 Å². The molecule has 1 fully saturated rings. The third-order valence-electron chi connectivity index (χ3n) is 4.23. The van der Waals surface area contributed by atoms with Crippen molar-refractivity contribution in [2.24, 2.45) is 0 Å². The van der Waals surface area contributed by atoms with Crippen LogP contribution in [0.4, 0.5) is 5.69 Å². The predicted octanol–water partition coefficient (Wildman–Crippen LogP) is 2.91. The molecule has 0 radical (unpaired) electrons. The highest BCUT2D eigenvalue weighted by Crippen LogP contribution is 2.32. The topological polar surface area (TPSA) is 70.2 Å². The molecule has 0 amide bonds. The maximum absolute atomic E-state index is 11.5. The van der Waals surface area contributed by atoms with Crippen LogP contribution >= 0.6 is 12.2 Å². The van der Waals surface area contributed by atoms with E-state index in [1.807, 2.05) is 0 Å². The fraction of sp³-hybridized carbons (Fsp3) is 0.588. The average Bonchev–Trinajstić information content (AvgIpc) is 2.84. The highest BCUT2D eigenvalue weighted by atomic mass is 32.2. The number of benzene rings is 1. The van der Waals surface area contributed by atoms with Crippen molar-refractivity contribution < 1.29 is 8.42 Å². The summed E-state index contributed by atoms with van der Waals surface area (Å²) in [5, 5.41) is 3.75. The molecule has 0 saturated carbocycles. The number of para-hydroxylation sites is 1. The van der Waals surface area contributed by atoms with E-state index in [1.165, 1.54) is 11.1 Å². The molecule has 1 saturated heterocycles. The van der Waals surface area contributed by atoms with Gasteiger partial charge in [-0.05, 0) is 41.6 Å². The lowest BCUT2D eigenvalue weighted by molar-refractivity contribution is 0.530. The van der Waals surface area contributed by atoms with Crippen molar-refractivity contribution in [3.63, 3.8) is 0 Å². The van der Waals surface area contributed by atoms with Crippen LogP contribution in [0.5, 0.6) is 0 Å². The monoisotopic (exact) mass is 369 g/mol. The highest BCUT2D eigenvalue weighted by molar-refractivity contribution is 7.91. The van der Waals surface area contributed by atoms with Crippen molar-refractivity contribution >= 4 is 32.9 Å². The summed E-state index contributed by atoms with van der Waals surface area (Å²) < 4.78 is 23.0. The molecule has 1 aromatic rings. The van der Waals surface area contributed by atoms with Gasteiger partial charge in [-0.25, -0.2) is 13.8 Å². The SMILES string of the molecule is CC(C)c1cccc(C(C)C)c1NC(=S)NNC1CCS(=O)(=O)C1. The first-order valence-corrected chi connectivity index (χ1v) is 10.6. The first-order valence-electron chi connectivity index (χ1n) is 8.35. The van der Waals surface area contributed by atoms with E-state index in [0.717, 1.165) is 5.69 Å². The normalized spacial score (nSPS) is 19.7. The van der Waals surface area contributed by atoms with Gasteiger partial charge in [-0.1, -0.05) is 45.9 Å². The van der Waals surface area contributed by atoms with Gasteiger partial charge in [-0.3, -0.25) is 5.43 Å². The molecule has 1 aliphatic rings. The second kappa shape index (κ2) is 7.80. The third-order valence-corrected chi connectivity index (χ3v) is 6.21. The minimum atomic E-state index is -2.90. The molecule has 134 valence electrons. The second-order valence-electron chi connectivity index (χ2n) is 6.94. The first kappa shape index (κ1) is 19.1. The summed E-state index contributed by atoms with van der Waals surface area (Å²) in [4.78, 5) is 0. The van der Waals surface area contributed by atoms with Crippen molar-refractivity contribution in [3.8, 4) is 0 Å². The van der Waals surface area contributed by atoms with Crippen LogP contribution in [0, 0.1) is 0 Å².